The molecule has 0 spiro atoms. The van der Waals surface area contributed by atoms with Crippen LogP contribution in [0.15, 0.2) is 64.6 Å². The highest BCUT2D eigenvalue weighted by molar-refractivity contribution is 8.18. The highest BCUT2D eigenvalue weighted by Crippen LogP contribution is 2.31. The Morgan fingerprint density at radius 3 is 2.71 bits per heavy atom. The molecule has 158 valence electrons. The lowest BCUT2D eigenvalue weighted by molar-refractivity contribution is -0.143. The summed E-state index contributed by atoms with van der Waals surface area (Å²) >= 11 is 1.28. The van der Waals surface area contributed by atoms with Gasteiger partial charge in [0.25, 0.3) is 5.91 Å². The summed E-state index contributed by atoms with van der Waals surface area (Å²) in [6.45, 7) is 2.23. The van der Waals surface area contributed by atoms with Crippen molar-refractivity contribution >= 4 is 51.5 Å². The molecule has 8 heteroatoms. The van der Waals surface area contributed by atoms with Gasteiger partial charge < -0.3 is 19.4 Å². The average Bonchev–Trinajstić information content (AvgIpc) is 3.29. The highest BCUT2D eigenvalue weighted by atomic mass is 32.2. The van der Waals surface area contributed by atoms with E-state index in [0.29, 0.717) is 16.7 Å². The van der Waals surface area contributed by atoms with Crippen molar-refractivity contribution in [1.29, 1.82) is 0 Å². The van der Waals surface area contributed by atoms with E-state index in [1.165, 1.54) is 11.8 Å². The summed E-state index contributed by atoms with van der Waals surface area (Å²) < 4.78 is 12.1. The Morgan fingerprint density at radius 2 is 1.97 bits per heavy atom. The van der Waals surface area contributed by atoms with Crippen molar-refractivity contribution in [2.45, 2.75) is 13.5 Å². The largest absolute Gasteiger partial charge is 0.497 e. The molecule has 0 bridgehead atoms. The summed E-state index contributed by atoms with van der Waals surface area (Å²) in [6, 6.07) is 15.0. The number of hydrogen-bond acceptors (Lipinski definition) is 6. The third-order valence-electron chi connectivity index (χ3n) is 4.66. The van der Waals surface area contributed by atoms with Crippen LogP contribution in [0, 0.1) is 0 Å². The number of amidine groups is 1. The van der Waals surface area contributed by atoms with E-state index in [1.54, 1.807) is 14.0 Å². The number of methoxy groups -OCH3 is 1. The molecule has 1 saturated heterocycles. The molecule has 0 radical (unpaired) electrons. The number of para-hydroxylation sites is 1. The van der Waals surface area contributed by atoms with Gasteiger partial charge in [0, 0.05) is 22.7 Å². The van der Waals surface area contributed by atoms with Gasteiger partial charge in [0.2, 0.25) is 0 Å². The Balaban J connectivity index is 1.61. The zero-order chi connectivity index (χ0) is 21.8. The number of nitrogens with zero attached hydrogens (tertiary/aromatic N) is 2. The van der Waals surface area contributed by atoms with Gasteiger partial charge in [-0.25, -0.2) is 4.99 Å². The van der Waals surface area contributed by atoms with Crippen LogP contribution in [-0.4, -0.2) is 35.3 Å². The van der Waals surface area contributed by atoms with Crippen LogP contribution in [0.3, 0.4) is 0 Å². The van der Waals surface area contributed by atoms with E-state index in [2.05, 4.69) is 10.3 Å². The van der Waals surface area contributed by atoms with Gasteiger partial charge in [-0.15, -0.1) is 0 Å². The molecular formula is C23H21N3O4S. The topological polar surface area (TPSA) is 81.9 Å². The van der Waals surface area contributed by atoms with Gasteiger partial charge in [0.15, 0.2) is 5.17 Å². The van der Waals surface area contributed by atoms with E-state index >= 15 is 0 Å². The maximum absolute atomic E-state index is 12.5. The van der Waals surface area contributed by atoms with Gasteiger partial charge in [-0.1, -0.05) is 18.2 Å². The fourth-order valence-electron chi connectivity index (χ4n) is 3.26. The number of benzene rings is 2. The summed E-state index contributed by atoms with van der Waals surface area (Å²) in [5.74, 6) is 0.232. The van der Waals surface area contributed by atoms with Gasteiger partial charge in [0.05, 0.1) is 24.3 Å². The second-order valence-corrected chi connectivity index (χ2v) is 7.74. The van der Waals surface area contributed by atoms with Gasteiger partial charge >= 0.3 is 5.97 Å². The zero-order valence-corrected chi connectivity index (χ0v) is 17.9. The Hall–Kier alpha value is -3.52. The normalized spacial score (nSPS) is 16.1. The fourth-order valence-corrected chi connectivity index (χ4v) is 4.10. The summed E-state index contributed by atoms with van der Waals surface area (Å²) in [4.78, 5) is 29.5. The SMILES string of the molecule is CCOC(=O)Cn1cc(C=C2SC(=Nc3ccc(OC)cc3)NC2=O)c2ccccc21. The molecular weight excluding hydrogens is 414 g/mol. The predicted octanol–water partition coefficient (Wildman–Crippen LogP) is 4.10. The van der Waals surface area contributed by atoms with Crippen molar-refractivity contribution in [3.05, 3.63) is 65.2 Å². The molecule has 2 aromatic carbocycles. The summed E-state index contributed by atoms with van der Waals surface area (Å²) in [7, 11) is 1.61. The Bertz CT molecular complexity index is 1200. The van der Waals surface area contributed by atoms with E-state index in [1.807, 2.05) is 65.4 Å². The fraction of sp³-hybridized carbons (Fsp3) is 0.174. The first-order valence-electron chi connectivity index (χ1n) is 9.74. The molecule has 1 aliphatic heterocycles. The van der Waals surface area contributed by atoms with Crippen LogP contribution < -0.4 is 10.1 Å². The third-order valence-corrected chi connectivity index (χ3v) is 5.57. The lowest BCUT2D eigenvalue weighted by atomic mass is 10.1. The molecule has 1 fully saturated rings. The number of esters is 1. The number of thioether (sulfide) groups is 1. The number of fused-ring (bicyclic) bond motifs is 1. The quantitative estimate of drug-likeness (QED) is 0.466. The van der Waals surface area contributed by atoms with Crippen LogP contribution in [-0.2, 0) is 20.9 Å². The van der Waals surface area contributed by atoms with Gasteiger partial charge in [0.1, 0.15) is 12.3 Å². The Morgan fingerprint density at radius 1 is 1.19 bits per heavy atom. The smallest absolute Gasteiger partial charge is 0.325 e. The molecule has 7 nitrogen and oxygen atoms in total. The number of ether oxygens (including phenoxy) is 2. The summed E-state index contributed by atoms with van der Waals surface area (Å²) in [6.07, 6.45) is 3.68. The lowest BCUT2D eigenvalue weighted by Crippen LogP contribution is -2.19. The molecule has 0 aliphatic carbocycles. The number of aliphatic imine (C=N–C) groups is 1. The van der Waals surface area contributed by atoms with E-state index < -0.39 is 0 Å². The number of aromatic nitrogens is 1. The standard InChI is InChI=1S/C23H21N3O4S/c1-3-30-21(27)14-26-13-15(18-6-4-5-7-19(18)26)12-20-22(28)25-23(31-20)24-16-8-10-17(29-2)11-9-16/h4-13H,3,14H2,1-2H3,(H,24,25,28). The molecule has 3 aromatic rings. The van der Waals surface area contributed by atoms with Crippen LogP contribution in [0.2, 0.25) is 0 Å². The first-order chi connectivity index (χ1) is 15.1. The Labute approximate surface area is 183 Å². The molecule has 4 rings (SSSR count). The highest BCUT2D eigenvalue weighted by Gasteiger charge is 2.24. The maximum Gasteiger partial charge on any atom is 0.325 e. The van der Waals surface area contributed by atoms with Crippen LogP contribution in [0.4, 0.5) is 5.69 Å². The lowest BCUT2D eigenvalue weighted by Gasteiger charge is -2.04. The zero-order valence-electron chi connectivity index (χ0n) is 17.1. The van der Waals surface area contributed by atoms with Crippen molar-refractivity contribution in [2.24, 2.45) is 4.99 Å². The molecule has 2 heterocycles. The second-order valence-electron chi connectivity index (χ2n) is 6.71. The molecule has 31 heavy (non-hydrogen) atoms. The number of carbonyl (C=O) groups excluding carboxylic acids is 2. The second kappa shape index (κ2) is 9.09. The number of amides is 1. The van der Waals surface area contributed by atoms with Crippen LogP contribution in [0.1, 0.15) is 12.5 Å². The monoisotopic (exact) mass is 435 g/mol. The van der Waals surface area contributed by atoms with Crippen molar-refractivity contribution < 1.29 is 19.1 Å². The van der Waals surface area contributed by atoms with Crippen LogP contribution in [0.5, 0.6) is 5.75 Å². The van der Waals surface area contributed by atoms with Crippen molar-refractivity contribution in [3.8, 4) is 5.75 Å². The van der Waals surface area contributed by atoms with Crippen molar-refractivity contribution in [2.75, 3.05) is 13.7 Å². The minimum Gasteiger partial charge on any atom is -0.497 e. The minimum absolute atomic E-state index is 0.112. The first-order valence-corrected chi connectivity index (χ1v) is 10.6. The number of carbonyl (C=O) groups is 2. The molecule has 1 amide bonds. The molecule has 1 aliphatic rings. The Kier molecular flexibility index (Phi) is 6.08. The third kappa shape index (κ3) is 4.64. The number of nitrogens with one attached hydrogen (secondary N) is 1. The summed E-state index contributed by atoms with van der Waals surface area (Å²) in [5.41, 5.74) is 2.47. The van der Waals surface area contributed by atoms with Crippen LogP contribution in [0.25, 0.3) is 17.0 Å². The van der Waals surface area contributed by atoms with Gasteiger partial charge in [-0.05, 0) is 55.1 Å². The maximum atomic E-state index is 12.5. The van der Waals surface area contributed by atoms with E-state index in [-0.39, 0.29) is 18.4 Å². The molecule has 1 N–H and O–H groups in total. The van der Waals surface area contributed by atoms with E-state index in [4.69, 9.17) is 9.47 Å². The van der Waals surface area contributed by atoms with Gasteiger partial charge in [-0.2, -0.15) is 0 Å². The summed E-state index contributed by atoms with van der Waals surface area (Å²) in [5, 5.41) is 4.26. The minimum atomic E-state index is -0.302. The van der Waals surface area contributed by atoms with E-state index in [9.17, 15) is 9.59 Å². The molecule has 0 saturated carbocycles. The van der Waals surface area contributed by atoms with Crippen molar-refractivity contribution in [3.63, 3.8) is 0 Å². The molecule has 1 aromatic heterocycles. The van der Waals surface area contributed by atoms with Crippen LogP contribution >= 0.6 is 11.8 Å². The number of hydrogen-bond donors (Lipinski definition) is 1. The average molecular weight is 436 g/mol. The molecule has 0 atom stereocenters. The van der Waals surface area contributed by atoms with Gasteiger partial charge in [-0.3, -0.25) is 9.59 Å². The molecule has 0 unspecified atom stereocenters. The van der Waals surface area contributed by atoms with E-state index in [0.717, 1.165) is 27.9 Å². The predicted molar refractivity (Wildman–Crippen MR) is 122 cm³/mol. The van der Waals surface area contributed by atoms with Crippen molar-refractivity contribution in [1.82, 2.24) is 9.88 Å². The first kappa shape index (κ1) is 20.7. The number of rotatable bonds is 6.